The topological polar surface area (TPSA) is 52.7 Å². The number of amides is 2. The van der Waals surface area contributed by atoms with E-state index in [4.69, 9.17) is 0 Å². The van der Waals surface area contributed by atoms with Gasteiger partial charge in [-0.05, 0) is 52.1 Å². The van der Waals surface area contributed by atoms with Crippen LogP contribution in [0.15, 0.2) is 0 Å². The molecule has 20 heavy (non-hydrogen) atoms. The Balaban J connectivity index is 1.87. The zero-order valence-electron chi connectivity index (χ0n) is 12.7. The third kappa shape index (κ3) is 4.03. The van der Waals surface area contributed by atoms with Gasteiger partial charge in [0.2, 0.25) is 11.8 Å². The third-order valence-electron chi connectivity index (χ3n) is 4.39. The minimum atomic E-state index is -0.0184. The molecule has 2 saturated heterocycles. The van der Waals surface area contributed by atoms with Crippen LogP contribution in [0.4, 0.5) is 0 Å². The summed E-state index contributed by atoms with van der Waals surface area (Å²) in [6.07, 6.45) is 3.71. The molecule has 0 spiro atoms. The van der Waals surface area contributed by atoms with Crippen LogP contribution in [0.3, 0.4) is 0 Å². The van der Waals surface area contributed by atoms with Crippen LogP contribution >= 0.6 is 0 Å². The van der Waals surface area contributed by atoms with Gasteiger partial charge >= 0.3 is 0 Å². The van der Waals surface area contributed by atoms with E-state index < -0.39 is 0 Å². The summed E-state index contributed by atoms with van der Waals surface area (Å²) in [6.45, 7) is 8.36. The number of carbonyl (C=O) groups excluding carboxylic acids is 2. The van der Waals surface area contributed by atoms with Crippen molar-refractivity contribution in [3.63, 3.8) is 0 Å². The van der Waals surface area contributed by atoms with Crippen molar-refractivity contribution in [2.75, 3.05) is 32.7 Å². The lowest BCUT2D eigenvalue weighted by molar-refractivity contribution is -0.142. The van der Waals surface area contributed by atoms with Crippen molar-refractivity contribution < 1.29 is 9.59 Å². The molecule has 0 aliphatic carbocycles. The summed E-state index contributed by atoms with van der Waals surface area (Å²) in [5.74, 6) is 0.649. The van der Waals surface area contributed by atoms with Gasteiger partial charge in [0.25, 0.3) is 0 Å². The molecule has 2 heterocycles. The first kappa shape index (κ1) is 15.4. The second-order valence-electron chi connectivity index (χ2n) is 6.26. The number of hydrogen-bond acceptors (Lipinski definition) is 4. The van der Waals surface area contributed by atoms with E-state index in [0.29, 0.717) is 31.5 Å². The van der Waals surface area contributed by atoms with Crippen molar-refractivity contribution in [2.24, 2.45) is 5.92 Å². The quantitative estimate of drug-likeness (QED) is 0.811. The summed E-state index contributed by atoms with van der Waals surface area (Å²) in [4.78, 5) is 27.6. The number of nitrogens with one attached hydrogen (secondary N) is 1. The van der Waals surface area contributed by atoms with Gasteiger partial charge in [0, 0.05) is 25.6 Å². The molecule has 2 aliphatic heterocycles. The Morgan fingerprint density at radius 1 is 1.40 bits per heavy atom. The zero-order chi connectivity index (χ0) is 14.5. The fourth-order valence-electron chi connectivity index (χ4n) is 3.02. The van der Waals surface area contributed by atoms with Gasteiger partial charge in [-0.25, -0.2) is 0 Å². The van der Waals surface area contributed by atoms with Gasteiger partial charge in [-0.3, -0.25) is 19.4 Å². The molecule has 1 N–H and O–H groups in total. The molecule has 0 atom stereocenters. The summed E-state index contributed by atoms with van der Waals surface area (Å²) >= 11 is 0. The van der Waals surface area contributed by atoms with E-state index >= 15 is 0 Å². The van der Waals surface area contributed by atoms with E-state index in [1.807, 2.05) is 0 Å². The molecule has 2 fully saturated rings. The summed E-state index contributed by atoms with van der Waals surface area (Å²) in [7, 11) is 0. The molecule has 0 aromatic rings. The average molecular weight is 281 g/mol. The largest absolute Gasteiger partial charge is 0.317 e. The van der Waals surface area contributed by atoms with Crippen LogP contribution < -0.4 is 5.32 Å². The van der Waals surface area contributed by atoms with Crippen LogP contribution in [0.1, 0.15) is 39.5 Å². The summed E-state index contributed by atoms with van der Waals surface area (Å²) < 4.78 is 0. The van der Waals surface area contributed by atoms with Crippen molar-refractivity contribution in [1.82, 2.24) is 15.1 Å². The van der Waals surface area contributed by atoms with E-state index in [2.05, 4.69) is 24.1 Å². The zero-order valence-corrected chi connectivity index (χ0v) is 12.7. The molecular weight excluding hydrogens is 254 g/mol. The average Bonchev–Trinajstić information content (AvgIpc) is 2.85. The molecule has 0 aromatic carbocycles. The van der Waals surface area contributed by atoms with Crippen LogP contribution in [0.2, 0.25) is 0 Å². The Morgan fingerprint density at radius 2 is 2.10 bits per heavy atom. The summed E-state index contributed by atoms with van der Waals surface area (Å²) in [5, 5.41) is 3.37. The maximum absolute atomic E-state index is 12.3. The predicted molar refractivity (Wildman–Crippen MR) is 78.3 cm³/mol. The minimum Gasteiger partial charge on any atom is -0.317 e. The Morgan fingerprint density at radius 3 is 2.65 bits per heavy atom. The molecule has 114 valence electrons. The predicted octanol–water partition coefficient (Wildman–Crippen LogP) is 0.845. The Hall–Kier alpha value is -0.940. The lowest BCUT2D eigenvalue weighted by atomic mass is 9.97. The van der Waals surface area contributed by atoms with Crippen LogP contribution in [0, 0.1) is 5.92 Å². The van der Waals surface area contributed by atoms with Crippen LogP contribution in [-0.4, -0.2) is 60.4 Å². The van der Waals surface area contributed by atoms with Crippen molar-refractivity contribution >= 4 is 11.8 Å². The maximum Gasteiger partial charge on any atom is 0.243 e. The lowest BCUT2D eigenvalue weighted by Gasteiger charge is -2.33. The Kier molecular flexibility index (Phi) is 5.54. The van der Waals surface area contributed by atoms with Crippen LogP contribution in [0.25, 0.3) is 0 Å². The molecule has 5 nitrogen and oxygen atoms in total. The standard InChI is InChI=1S/C15H27N3O2/c1-12(2)17(10-13-5-7-16-8-6-13)11-15(20)18-9-3-4-14(18)19/h12-13,16H,3-11H2,1-2H3. The Labute approximate surface area is 121 Å². The van der Waals surface area contributed by atoms with Crippen molar-refractivity contribution in [3.05, 3.63) is 0 Å². The van der Waals surface area contributed by atoms with E-state index in [0.717, 1.165) is 26.1 Å². The molecule has 2 rings (SSSR count). The third-order valence-corrected chi connectivity index (χ3v) is 4.39. The molecule has 0 bridgehead atoms. The SMILES string of the molecule is CC(C)N(CC(=O)N1CCCC1=O)CC1CCNCC1. The molecule has 2 amide bonds. The summed E-state index contributed by atoms with van der Waals surface area (Å²) in [6, 6.07) is 0.339. The highest BCUT2D eigenvalue weighted by Crippen LogP contribution is 2.16. The number of hydrogen-bond donors (Lipinski definition) is 1. The molecule has 5 heteroatoms. The smallest absolute Gasteiger partial charge is 0.243 e. The highest BCUT2D eigenvalue weighted by Gasteiger charge is 2.29. The molecule has 0 aromatic heterocycles. The van der Waals surface area contributed by atoms with Gasteiger partial charge in [-0.15, -0.1) is 0 Å². The molecule has 0 saturated carbocycles. The first-order valence-electron chi connectivity index (χ1n) is 7.86. The number of nitrogens with zero attached hydrogens (tertiary/aromatic N) is 2. The molecule has 0 radical (unpaired) electrons. The van der Waals surface area contributed by atoms with Gasteiger partial charge in [0.15, 0.2) is 0 Å². The maximum atomic E-state index is 12.3. The van der Waals surface area contributed by atoms with Gasteiger partial charge in [-0.2, -0.15) is 0 Å². The number of piperidine rings is 1. The molecular formula is C15H27N3O2. The van der Waals surface area contributed by atoms with Crippen molar-refractivity contribution in [2.45, 2.75) is 45.6 Å². The highest BCUT2D eigenvalue weighted by molar-refractivity contribution is 5.97. The first-order valence-corrected chi connectivity index (χ1v) is 7.86. The fraction of sp³-hybridized carbons (Fsp3) is 0.867. The first-order chi connectivity index (χ1) is 9.58. The number of rotatable bonds is 5. The molecule has 0 unspecified atom stereocenters. The second kappa shape index (κ2) is 7.18. The highest BCUT2D eigenvalue weighted by atomic mass is 16.2. The van der Waals surface area contributed by atoms with E-state index in [-0.39, 0.29) is 11.8 Å². The Bertz CT molecular complexity index is 351. The number of likely N-dealkylation sites (tertiary alicyclic amines) is 1. The lowest BCUT2D eigenvalue weighted by Crippen LogP contribution is -2.46. The van der Waals surface area contributed by atoms with Crippen molar-refractivity contribution in [3.8, 4) is 0 Å². The normalized spacial score (nSPS) is 21.2. The fourth-order valence-corrected chi connectivity index (χ4v) is 3.02. The summed E-state index contributed by atoms with van der Waals surface area (Å²) in [5.41, 5.74) is 0. The number of carbonyl (C=O) groups is 2. The minimum absolute atomic E-state index is 0.000530. The second-order valence-corrected chi connectivity index (χ2v) is 6.26. The van der Waals surface area contributed by atoms with E-state index in [9.17, 15) is 9.59 Å². The number of imide groups is 1. The van der Waals surface area contributed by atoms with Gasteiger partial charge in [0.05, 0.1) is 6.54 Å². The van der Waals surface area contributed by atoms with Crippen LogP contribution in [-0.2, 0) is 9.59 Å². The van der Waals surface area contributed by atoms with Gasteiger partial charge < -0.3 is 5.32 Å². The van der Waals surface area contributed by atoms with E-state index in [1.54, 1.807) is 0 Å². The van der Waals surface area contributed by atoms with Gasteiger partial charge in [-0.1, -0.05) is 0 Å². The van der Waals surface area contributed by atoms with E-state index in [1.165, 1.54) is 17.7 Å². The van der Waals surface area contributed by atoms with Crippen LogP contribution in [0.5, 0.6) is 0 Å². The molecule has 2 aliphatic rings. The van der Waals surface area contributed by atoms with Crippen molar-refractivity contribution in [1.29, 1.82) is 0 Å². The monoisotopic (exact) mass is 281 g/mol. The van der Waals surface area contributed by atoms with Gasteiger partial charge in [0.1, 0.15) is 0 Å².